The molecule has 2 N–H and O–H groups in total. The van der Waals surface area contributed by atoms with Gasteiger partial charge in [0.25, 0.3) is 5.91 Å². The molecule has 3 heterocycles. The first-order valence-corrected chi connectivity index (χ1v) is 11.5. The molecule has 0 spiro atoms. The highest BCUT2D eigenvalue weighted by atomic mass is 35.5. The van der Waals surface area contributed by atoms with Crippen molar-refractivity contribution in [2.75, 3.05) is 19.5 Å². The van der Waals surface area contributed by atoms with Crippen LogP contribution in [0.4, 0.5) is 11.5 Å². The van der Waals surface area contributed by atoms with Gasteiger partial charge in [-0.1, -0.05) is 35.9 Å². The van der Waals surface area contributed by atoms with Crippen LogP contribution in [-0.2, 0) is 6.54 Å². The Morgan fingerprint density at radius 2 is 1.89 bits per heavy atom. The topological polar surface area (TPSA) is 107 Å². The summed E-state index contributed by atoms with van der Waals surface area (Å²) in [6.45, 7) is 0.293. The lowest BCUT2D eigenvalue weighted by atomic mass is 10.1. The fourth-order valence-corrected chi connectivity index (χ4v) is 4.16. The SMILES string of the molecule is CNC(=O)c1cccc(Cl)c1Cn1nc(-c2ncc(OC)c(Nc3ccncc3)n2)c2ccccc21. The zero-order chi connectivity index (χ0) is 25.1. The number of carbonyl (C=O) groups is 1. The Labute approximate surface area is 212 Å². The van der Waals surface area contributed by atoms with Gasteiger partial charge < -0.3 is 15.4 Å². The normalized spacial score (nSPS) is 10.9. The number of hydrogen-bond acceptors (Lipinski definition) is 7. The smallest absolute Gasteiger partial charge is 0.251 e. The summed E-state index contributed by atoms with van der Waals surface area (Å²) in [5, 5.41) is 12.1. The molecule has 5 rings (SSSR count). The number of para-hydroxylation sites is 1. The molecule has 36 heavy (non-hydrogen) atoms. The third-order valence-corrected chi connectivity index (χ3v) is 6.04. The number of rotatable bonds is 7. The molecule has 0 aliphatic heterocycles. The van der Waals surface area contributed by atoms with Crippen LogP contribution in [-0.4, -0.2) is 44.8 Å². The fraction of sp³-hybridized carbons (Fsp3) is 0.115. The summed E-state index contributed by atoms with van der Waals surface area (Å²) in [7, 11) is 3.15. The van der Waals surface area contributed by atoms with Crippen molar-refractivity contribution in [1.82, 2.24) is 30.0 Å². The second-order valence-corrected chi connectivity index (χ2v) is 8.25. The lowest BCUT2D eigenvalue weighted by Gasteiger charge is -2.11. The molecule has 3 aromatic heterocycles. The highest BCUT2D eigenvalue weighted by Crippen LogP contribution is 2.31. The minimum atomic E-state index is -0.213. The Morgan fingerprint density at radius 3 is 2.67 bits per heavy atom. The Kier molecular flexibility index (Phi) is 6.46. The molecule has 0 atom stereocenters. The molecule has 2 aromatic carbocycles. The van der Waals surface area contributed by atoms with Crippen LogP contribution in [0.15, 0.2) is 73.2 Å². The number of hydrogen-bond donors (Lipinski definition) is 2. The molecule has 0 bridgehead atoms. The molecule has 0 unspecified atom stereocenters. The molecule has 10 heteroatoms. The zero-order valence-electron chi connectivity index (χ0n) is 19.6. The Bertz CT molecular complexity index is 1550. The molecule has 0 aliphatic carbocycles. The average Bonchev–Trinajstić information content (AvgIpc) is 3.28. The molecule has 1 amide bonds. The molecule has 9 nitrogen and oxygen atoms in total. The van der Waals surface area contributed by atoms with Crippen molar-refractivity contribution >= 4 is 39.9 Å². The minimum absolute atomic E-state index is 0.213. The lowest BCUT2D eigenvalue weighted by molar-refractivity contribution is 0.0962. The van der Waals surface area contributed by atoms with Crippen molar-refractivity contribution in [3.63, 3.8) is 0 Å². The molecular formula is C26H22ClN7O2. The first kappa shape index (κ1) is 23.3. The van der Waals surface area contributed by atoms with E-state index in [0.29, 0.717) is 45.8 Å². The Morgan fingerprint density at radius 1 is 1.08 bits per heavy atom. The molecular weight excluding hydrogens is 478 g/mol. The van der Waals surface area contributed by atoms with Gasteiger partial charge >= 0.3 is 0 Å². The van der Waals surface area contributed by atoms with Gasteiger partial charge in [0, 0.05) is 46.7 Å². The second kappa shape index (κ2) is 10.0. The highest BCUT2D eigenvalue weighted by molar-refractivity contribution is 6.31. The lowest BCUT2D eigenvalue weighted by Crippen LogP contribution is -2.20. The van der Waals surface area contributed by atoms with Gasteiger partial charge in [0.05, 0.1) is 25.4 Å². The maximum atomic E-state index is 12.5. The van der Waals surface area contributed by atoms with E-state index in [9.17, 15) is 4.79 Å². The van der Waals surface area contributed by atoms with Crippen LogP contribution in [0.3, 0.4) is 0 Å². The van der Waals surface area contributed by atoms with Crippen molar-refractivity contribution in [2.24, 2.45) is 0 Å². The average molecular weight is 500 g/mol. The summed E-state index contributed by atoms with van der Waals surface area (Å²) >= 11 is 6.51. The standard InChI is InChI=1S/C26H22ClN7O2/c1-28-26(35)17-7-5-8-20(27)19(17)15-34-21-9-4-3-6-18(21)23(33-34)25-30-14-22(36-2)24(32-25)31-16-10-12-29-13-11-16/h3-14H,15H2,1-2H3,(H,28,35)(H,29,30,31,32). The summed E-state index contributed by atoms with van der Waals surface area (Å²) in [6, 6.07) is 16.7. The zero-order valence-corrected chi connectivity index (χ0v) is 20.3. The van der Waals surface area contributed by atoms with Gasteiger partial charge in [-0.05, 0) is 30.3 Å². The number of pyridine rings is 1. The van der Waals surface area contributed by atoms with Crippen LogP contribution >= 0.6 is 11.6 Å². The van der Waals surface area contributed by atoms with Crippen molar-refractivity contribution in [3.05, 3.63) is 89.3 Å². The van der Waals surface area contributed by atoms with E-state index in [-0.39, 0.29) is 5.91 Å². The molecule has 0 radical (unpaired) electrons. The second-order valence-electron chi connectivity index (χ2n) is 7.84. The summed E-state index contributed by atoms with van der Waals surface area (Å²) in [6.07, 6.45) is 4.99. The van der Waals surface area contributed by atoms with Crippen LogP contribution in [0.1, 0.15) is 15.9 Å². The Hall–Kier alpha value is -4.50. The molecule has 0 saturated carbocycles. The van der Waals surface area contributed by atoms with E-state index in [0.717, 1.165) is 16.6 Å². The number of carbonyl (C=O) groups excluding carboxylic acids is 1. The number of nitrogens with one attached hydrogen (secondary N) is 2. The molecule has 0 fully saturated rings. The number of anilines is 2. The highest BCUT2D eigenvalue weighted by Gasteiger charge is 2.20. The van der Waals surface area contributed by atoms with Crippen molar-refractivity contribution in [2.45, 2.75) is 6.54 Å². The minimum Gasteiger partial charge on any atom is -0.491 e. The number of nitrogens with zero attached hydrogens (tertiary/aromatic N) is 5. The maximum absolute atomic E-state index is 12.5. The van der Waals surface area contributed by atoms with Crippen molar-refractivity contribution < 1.29 is 9.53 Å². The van der Waals surface area contributed by atoms with E-state index in [2.05, 4.69) is 20.6 Å². The predicted octanol–water partition coefficient (Wildman–Crippen LogP) is 4.70. The van der Waals surface area contributed by atoms with E-state index < -0.39 is 0 Å². The summed E-state index contributed by atoms with van der Waals surface area (Å²) in [5.41, 5.74) is 3.44. The molecule has 5 aromatic rings. The fourth-order valence-electron chi connectivity index (χ4n) is 3.93. The number of fused-ring (bicyclic) bond motifs is 1. The van der Waals surface area contributed by atoms with Gasteiger partial charge in [-0.25, -0.2) is 9.97 Å². The van der Waals surface area contributed by atoms with E-state index in [1.165, 1.54) is 0 Å². The first-order valence-electron chi connectivity index (χ1n) is 11.1. The summed E-state index contributed by atoms with van der Waals surface area (Å²) < 4.78 is 7.27. The monoisotopic (exact) mass is 499 g/mol. The first-order chi connectivity index (χ1) is 17.6. The van der Waals surface area contributed by atoms with Crippen molar-refractivity contribution in [1.29, 1.82) is 0 Å². The Balaban J connectivity index is 1.60. The number of benzene rings is 2. The van der Waals surface area contributed by atoms with E-state index in [4.69, 9.17) is 26.4 Å². The van der Waals surface area contributed by atoms with Gasteiger partial charge in [0.2, 0.25) is 0 Å². The van der Waals surface area contributed by atoms with Crippen LogP contribution in [0.25, 0.3) is 22.4 Å². The molecule has 180 valence electrons. The van der Waals surface area contributed by atoms with Gasteiger partial charge in [0.1, 0.15) is 5.69 Å². The van der Waals surface area contributed by atoms with Gasteiger partial charge in [-0.15, -0.1) is 0 Å². The summed E-state index contributed by atoms with van der Waals surface area (Å²) in [5.74, 6) is 1.20. The third-order valence-electron chi connectivity index (χ3n) is 5.69. The number of aromatic nitrogens is 5. The quantitative estimate of drug-likeness (QED) is 0.334. The molecule has 0 saturated heterocycles. The van der Waals surface area contributed by atoms with Crippen LogP contribution < -0.4 is 15.4 Å². The number of methoxy groups -OCH3 is 1. The van der Waals surface area contributed by atoms with Gasteiger partial charge in [-0.3, -0.25) is 14.5 Å². The van der Waals surface area contributed by atoms with Gasteiger partial charge in [-0.2, -0.15) is 5.10 Å². The number of ether oxygens (including phenoxy) is 1. The van der Waals surface area contributed by atoms with Crippen molar-refractivity contribution in [3.8, 4) is 17.3 Å². The van der Waals surface area contributed by atoms with Crippen LogP contribution in [0.5, 0.6) is 5.75 Å². The van der Waals surface area contributed by atoms with E-state index in [1.807, 2.05) is 41.1 Å². The van der Waals surface area contributed by atoms with Crippen LogP contribution in [0, 0.1) is 0 Å². The largest absolute Gasteiger partial charge is 0.491 e. The summed E-state index contributed by atoms with van der Waals surface area (Å²) in [4.78, 5) is 25.8. The van der Waals surface area contributed by atoms with Gasteiger partial charge in [0.15, 0.2) is 17.4 Å². The predicted molar refractivity (Wildman–Crippen MR) is 139 cm³/mol. The van der Waals surface area contributed by atoms with E-state index in [1.54, 1.807) is 50.9 Å². The van der Waals surface area contributed by atoms with E-state index >= 15 is 0 Å². The number of amides is 1. The number of halogens is 1. The third kappa shape index (κ3) is 4.44. The maximum Gasteiger partial charge on any atom is 0.251 e. The molecule has 0 aliphatic rings. The van der Waals surface area contributed by atoms with Crippen LogP contribution in [0.2, 0.25) is 5.02 Å².